The van der Waals surface area contributed by atoms with E-state index in [0.29, 0.717) is 5.69 Å². The van der Waals surface area contributed by atoms with E-state index in [1.165, 1.54) is 19.2 Å². The maximum absolute atomic E-state index is 10.5. The van der Waals surface area contributed by atoms with Gasteiger partial charge in [0.25, 0.3) is 0 Å². The van der Waals surface area contributed by atoms with Crippen LogP contribution in [-0.4, -0.2) is 16.1 Å². The largest absolute Gasteiger partial charge is 0.503 e. The number of hydrogen-bond acceptors (Lipinski definition) is 4. The summed E-state index contributed by atoms with van der Waals surface area (Å²) >= 11 is 0. The van der Waals surface area contributed by atoms with Crippen molar-refractivity contribution in [2.45, 2.75) is 13.8 Å². The van der Waals surface area contributed by atoms with Crippen LogP contribution in [0.4, 0.5) is 0 Å². The van der Waals surface area contributed by atoms with E-state index in [1.54, 1.807) is 6.92 Å². The van der Waals surface area contributed by atoms with E-state index >= 15 is 0 Å². The van der Waals surface area contributed by atoms with E-state index in [2.05, 4.69) is 4.98 Å². The molecule has 0 bridgehead atoms. The van der Waals surface area contributed by atoms with Crippen LogP contribution in [0.3, 0.4) is 0 Å². The predicted molar refractivity (Wildman–Crippen MR) is 41.9 cm³/mol. The molecule has 1 aromatic heterocycles. The Kier molecular flexibility index (Phi) is 2.28. The SMILES string of the molecule is CC(=O)Oc1ccnc(C)c1O. The van der Waals surface area contributed by atoms with Crippen LogP contribution in [0.15, 0.2) is 12.3 Å². The molecule has 0 saturated carbocycles. The Balaban J connectivity index is 3.00. The number of hydrogen-bond donors (Lipinski definition) is 1. The average molecular weight is 167 g/mol. The van der Waals surface area contributed by atoms with Crippen molar-refractivity contribution >= 4 is 5.97 Å². The number of aromatic hydroxyl groups is 1. The first kappa shape index (κ1) is 8.52. The molecule has 0 amide bonds. The summed E-state index contributed by atoms with van der Waals surface area (Å²) in [7, 11) is 0. The van der Waals surface area contributed by atoms with Crippen LogP contribution < -0.4 is 4.74 Å². The second-order valence-corrected chi connectivity index (χ2v) is 2.34. The molecule has 0 saturated heterocycles. The van der Waals surface area contributed by atoms with Gasteiger partial charge in [-0.15, -0.1) is 0 Å². The molecule has 0 fully saturated rings. The van der Waals surface area contributed by atoms with Gasteiger partial charge in [-0.1, -0.05) is 0 Å². The van der Waals surface area contributed by atoms with E-state index in [1.807, 2.05) is 0 Å². The first-order chi connectivity index (χ1) is 5.61. The molecule has 0 aliphatic heterocycles. The van der Waals surface area contributed by atoms with E-state index in [4.69, 9.17) is 4.74 Å². The third-order valence-corrected chi connectivity index (χ3v) is 1.32. The van der Waals surface area contributed by atoms with Crippen LogP contribution in [0.2, 0.25) is 0 Å². The maximum atomic E-state index is 10.5. The van der Waals surface area contributed by atoms with Gasteiger partial charge in [0.15, 0.2) is 11.5 Å². The van der Waals surface area contributed by atoms with Gasteiger partial charge in [0.05, 0.1) is 5.69 Å². The van der Waals surface area contributed by atoms with Crippen LogP contribution in [0.5, 0.6) is 11.5 Å². The summed E-state index contributed by atoms with van der Waals surface area (Å²) in [5.41, 5.74) is 0.439. The van der Waals surface area contributed by atoms with Crippen molar-refractivity contribution in [3.05, 3.63) is 18.0 Å². The van der Waals surface area contributed by atoms with Gasteiger partial charge in [-0.25, -0.2) is 0 Å². The molecule has 0 aliphatic rings. The molecule has 1 N–H and O–H groups in total. The molecule has 1 aromatic rings. The van der Waals surface area contributed by atoms with Crippen molar-refractivity contribution < 1.29 is 14.6 Å². The van der Waals surface area contributed by atoms with Gasteiger partial charge >= 0.3 is 5.97 Å². The Labute approximate surface area is 69.8 Å². The average Bonchev–Trinajstić information content (AvgIpc) is 1.98. The highest BCUT2D eigenvalue weighted by molar-refractivity contribution is 5.70. The van der Waals surface area contributed by atoms with Crippen molar-refractivity contribution in [3.8, 4) is 11.5 Å². The monoisotopic (exact) mass is 167 g/mol. The molecule has 1 rings (SSSR count). The van der Waals surface area contributed by atoms with Crippen LogP contribution in [-0.2, 0) is 4.79 Å². The number of nitrogens with zero attached hydrogens (tertiary/aromatic N) is 1. The minimum Gasteiger partial charge on any atom is -0.503 e. The minimum absolute atomic E-state index is 0.0901. The van der Waals surface area contributed by atoms with Gasteiger partial charge in [-0.05, 0) is 6.92 Å². The first-order valence-corrected chi connectivity index (χ1v) is 3.44. The van der Waals surface area contributed by atoms with Gasteiger partial charge in [0, 0.05) is 19.2 Å². The third-order valence-electron chi connectivity index (χ3n) is 1.32. The van der Waals surface area contributed by atoms with Gasteiger partial charge < -0.3 is 9.84 Å². The summed E-state index contributed by atoms with van der Waals surface area (Å²) in [6.07, 6.45) is 1.47. The highest BCUT2D eigenvalue weighted by Crippen LogP contribution is 2.26. The number of esters is 1. The number of rotatable bonds is 1. The molecule has 0 aliphatic carbocycles. The molecule has 0 atom stereocenters. The number of carbonyl (C=O) groups excluding carboxylic acids is 1. The van der Waals surface area contributed by atoms with Crippen LogP contribution in [0.25, 0.3) is 0 Å². The van der Waals surface area contributed by atoms with E-state index in [9.17, 15) is 9.90 Å². The fraction of sp³-hybridized carbons (Fsp3) is 0.250. The number of aryl methyl sites for hydroxylation is 1. The zero-order chi connectivity index (χ0) is 9.14. The lowest BCUT2D eigenvalue weighted by Crippen LogP contribution is -2.02. The van der Waals surface area contributed by atoms with Gasteiger partial charge in [-0.2, -0.15) is 0 Å². The predicted octanol–water partition coefficient (Wildman–Crippen LogP) is 1.02. The van der Waals surface area contributed by atoms with Crippen LogP contribution in [0.1, 0.15) is 12.6 Å². The number of pyridine rings is 1. The zero-order valence-corrected chi connectivity index (χ0v) is 6.87. The van der Waals surface area contributed by atoms with Gasteiger partial charge in [0.1, 0.15) is 0 Å². The Hall–Kier alpha value is -1.58. The molecule has 0 radical (unpaired) electrons. The molecule has 4 nitrogen and oxygen atoms in total. The molecule has 4 heteroatoms. The quantitative estimate of drug-likeness (QED) is 0.634. The molecule has 12 heavy (non-hydrogen) atoms. The van der Waals surface area contributed by atoms with Crippen molar-refractivity contribution in [2.24, 2.45) is 0 Å². The minimum atomic E-state index is -0.462. The summed E-state index contributed by atoms with van der Waals surface area (Å²) in [6, 6.07) is 1.43. The summed E-state index contributed by atoms with van der Waals surface area (Å²) in [4.78, 5) is 14.3. The van der Waals surface area contributed by atoms with Crippen LogP contribution >= 0.6 is 0 Å². The fourth-order valence-corrected chi connectivity index (χ4v) is 0.772. The van der Waals surface area contributed by atoms with Crippen molar-refractivity contribution in [2.75, 3.05) is 0 Å². The number of carbonyl (C=O) groups is 1. The second-order valence-electron chi connectivity index (χ2n) is 2.34. The summed E-state index contributed by atoms with van der Waals surface area (Å²) in [5, 5.41) is 9.31. The van der Waals surface area contributed by atoms with E-state index in [-0.39, 0.29) is 11.5 Å². The molecular formula is C8H9NO3. The molecule has 0 spiro atoms. The van der Waals surface area contributed by atoms with E-state index < -0.39 is 5.97 Å². The second kappa shape index (κ2) is 3.21. The lowest BCUT2D eigenvalue weighted by atomic mass is 10.3. The van der Waals surface area contributed by atoms with Crippen molar-refractivity contribution in [1.29, 1.82) is 0 Å². The summed E-state index contributed by atoms with van der Waals surface area (Å²) in [5.74, 6) is -0.404. The molecule has 1 heterocycles. The Morgan fingerprint density at radius 2 is 2.33 bits per heavy atom. The third kappa shape index (κ3) is 1.72. The Morgan fingerprint density at radius 3 is 2.92 bits per heavy atom. The molecule has 0 unspecified atom stereocenters. The van der Waals surface area contributed by atoms with E-state index in [0.717, 1.165) is 0 Å². The normalized spacial score (nSPS) is 9.50. The first-order valence-electron chi connectivity index (χ1n) is 3.44. The van der Waals surface area contributed by atoms with Crippen LogP contribution in [0, 0.1) is 6.92 Å². The zero-order valence-electron chi connectivity index (χ0n) is 6.87. The van der Waals surface area contributed by atoms with Gasteiger partial charge in [-0.3, -0.25) is 9.78 Å². The Bertz CT molecular complexity index is 309. The maximum Gasteiger partial charge on any atom is 0.308 e. The number of aromatic nitrogens is 1. The lowest BCUT2D eigenvalue weighted by molar-refractivity contribution is -0.132. The van der Waals surface area contributed by atoms with Crippen molar-refractivity contribution in [1.82, 2.24) is 4.98 Å². The molecule has 64 valence electrons. The summed E-state index contributed by atoms with van der Waals surface area (Å²) in [6.45, 7) is 2.90. The fourth-order valence-electron chi connectivity index (χ4n) is 0.772. The standard InChI is InChI=1S/C8H9NO3/c1-5-8(11)7(3-4-9-5)12-6(2)10/h3-4,11H,1-2H3. The van der Waals surface area contributed by atoms with Gasteiger partial charge in [0.2, 0.25) is 0 Å². The topological polar surface area (TPSA) is 59.4 Å². The highest BCUT2D eigenvalue weighted by Gasteiger charge is 2.06. The molecular weight excluding hydrogens is 158 g/mol. The lowest BCUT2D eigenvalue weighted by Gasteiger charge is -2.04. The smallest absolute Gasteiger partial charge is 0.308 e. The summed E-state index contributed by atoms with van der Waals surface area (Å²) < 4.78 is 4.70. The number of ether oxygens (including phenoxy) is 1. The van der Waals surface area contributed by atoms with Crippen molar-refractivity contribution in [3.63, 3.8) is 0 Å². The molecule has 0 aromatic carbocycles. The highest BCUT2D eigenvalue weighted by atomic mass is 16.5. The Morgan fingerprint density at radius 1 is 1.67 bits per heavy atom.